The highest BCUT2D eigenvalue weighted by atomic mass is 16.1. The fourth-order valence-corrected chi connectivity index (χ4v) is 2.40. The van der Waals surface area contributed by atoms with Crippen molar-refractivity contribution < 1.29 is 4.79 Å². The standard InChI is InChI=1S/C19H25N3O/c1-3-22(4-2)15-16-9-8-12-18(13-16)21-19(23)14-20-17-10-6-5-7-11-17/h5-13,20H,3-4,14-15H2,1-2H3,(H,21,23). The molecule has 2 rings (SSSR count). The van der Waals surface area contributed by atoms with E-state index in [1.807, 2.05) is 48.5 Å². The normalized spacial score (nSPS) is 10.6. The van der Waals surface area contributed by atoms with Crippen molar-refractivity contribution >= 4 is 17.3 Å². The van der Waals surface area contributed by atoms with Gasteiger partial charge in [0.1, 0.15) is 0 Å². The molecular weight excluding hydrogens is 286 g/mol. The third kappa shape index (κ3) is 5.75. The zero-order valence-electron chi connectivity index (χ0n) is 13.9. The number of carbonyl (C=O) groups is 1. The van der Waals surface area contributed by atoms with Crippen molar-refractivity contribution in [2.75, 3.05) is 30.3 Å². The molecule has 23 heavy (non-hydrogen) atoms. The molecule has 122 valence electrons. The number of amides is 1. The number of benzene rings is 2. The summed E-state index contributed by atoms with van der Waals surface area (Å²) in [5, 5.41) is 6.05. The van der Waals surface area contributed by atoms with E-state index in [-0.39, 0.29) is 12.5 Å². The third-order valence-electron chi connectivity index (χ3n) is 3.74. The van der Waals surface area contributed by atoms with Gasteiger partial charge in [0.15, 0.2) is 0 Å². The minimum atomic E-state index is -0.0474. The molecule has 0 saturated carbocycles. The molecule has 0 saturated heterocycles. The first-order chi connectivity index (χ1) is 11.2. The van der Waals surface area contributed by atoms with E-state index < -0.39 is 0 Å². The second-order valence-corrected chi connectivity index (χ2v) is 5.43. The van der Waals surface area contributed by atoms with Gasteiger partial charge in [-0.25, -0.2) is 0 Å². The van der Waals surface area contributed by atoms with Crippen molar-refractivity contribution in [2.24, 2.45) is 0 Å². The zero-order chi connectivity index (χ0) is 16.5. The molecule has 2 aromatic carbocycles. The van der Waals surface area contributed by atoms with Gasteiger partial charge in [0.2, 0.25) is 5.91 Å². The van der Waals surface area contributed by atoms with E-state index in [4.69, 9.17) is 0 Å². The van der Waals surface area contributed by atoms with Crippen LogP contribution in [0.3, 0.4) is 0 Å². The molecule has 0 bridgehead atoms. The highest BCUT2D eigenvalue weighted by Gasteiger charge is 2.05. The van der Waals surface area contributed by atoms with Gasteiger partial charge in [0.05, 0.1) is 6.54 Å². The molecule has 0 aromatic heterocycles. The van der Waals surface area contributed by atoms with Crippen LogP contribution in [0.25, 0.3) is 0 Å². The van der Waals surface area contributed by atoms with Crippen LogP contribution in [-0.4, -0.2) is 30.4 Å². The topological polar surface area (TPSA) is 44.4 Å². The molecule has 0 aliphatic rings. The predicted molar refractivity (Wildman–Crippen MR) is 96.6 cm³/mol. The number of hydrogen-bond donors (Lipinski definition) is 2. The molecule has 0 aliphatic heterocycles. The molecule has 4 nitrogen and oxygen atoms in total. The molecule has 2 N–H and O–H groups in total. The summed E-state index contributed by atoms with van der Waals surface area (Å²) in [6, 6.07) is 17.8. The lowest BCUT2D eigenvalue weighted by Crippen LogP contribution is -2.23. The third-order valence-corrected chi connectivity index (χ3v) is 3.74. The fourth-order valence-electron chi connectivity index (χ4n) is 2.40. The highest BCUT2D eigenvalue weighted by molar-refractivity contribution is 5.93. The molecule has 0 aliphatic carbocycles. The fraction of sp³-hybridized carbons (Fsp3) is 0.316. The molecule has 0 spiro atoms. The van der Waals surface area contributed by atoms with Crippen LogP contribution in [0.15, 0.2) is 54.6 Å². The largest absolute Gasteiger partial charge is 0.376 e. The van der Waals surface area contributed by atoms with Gasteiger partial charge in [0, 0.05) is 17.9 Å². The van der Waals surface area contributed by atoms with Crippen molar-refractivity contribution in [3.8, 4) is 0 Å². The number of para-hydroxylation sites is 1. The van der Waals surface area contributed by atoms with Gasteiger partial charge < -0.3 is 10.6 Å². The molecule has 1 amide bonds. The van der Waals surface area contributed by atoms with E-state index in [2.05, 4.69) is 35.4 Å². The van der Waals surface area contributed by atoms with Crippen molar-refractivity contribution in [3.05, 3.63) is 60.2 Å². The van der Waals surface area contributed by atoms with Gasteiger partial charge in [-0.2, -0.15) is 0 Å². The first-order valence-corrected chi connectivity index (χ1v) is 8.11. The van der Waals surface area contributed by atoms with Gasteiger partial charge >= 0.3 is 0 Å². The van der Waals surface area contributed by atoms with Crippen molar-refractivity contribution in [1.82, 2.24) is 4.90 Å². The molecule has 0 atom stereocenters. The van der Waals surface area contributed by atoms with Crippen LogP contribution < -0.4 is 10.6 Å². The van der Waals surface area contributed by atoms with E-state index >= 15 is 0 Å². The van der Waals surface area contributed by atoms with Crippen LogP contribution >= 0.6 is 0 Å². The van der Waals surface area contributed by atoms with Crippen LogP contribution in [-0.2, 0) is 11.3 Å². The lowest BCUT2D eigenvalue weighted by molar-refractivity contribution is -0.114. The van der Waals surface area contributed by atoms with E-state index in [1.54, 1.807) is 0 Å². The minimum Gasteiger partial charge on any atom is -0.376 e. The van der Waals surface area contributed by atoms with Crippen LogP contribution in [0.1, 0.15) is 19.4 Å². The molecule has 0 fully saturated rings. The molecule has 0 heterocycles. The number of anilines is 2. The van der Waals surface area contributed by atoms with E-state index in [9.17, 15) is 4.79 Å². The van der Waals surface area contributed by atoms with Crippen LogP contribution in [0, 0.1) is 0 Å². The van der Waals surface area contributed by atoms with Crippen LogP contribution in [0.5, 0.6) is 0 Å². The van der Waals surface area contributed by atoms with Crippen molar-refractivity contribution in [3.63, 3.8) is 0 Å². The maximum atomic E-state index is 12.0. The molecule has 2 aromatic rings. The smallest absolute Gasteiger partial charge is 0.243 e. The van der Waals surface area contributed by atoms with Gasteiger partial charge in [-0.1, -0.05) is 44.2 Å². The van der Waals surface area contributed by atoms with E-state index in [0.717, 1.165) is 31.0 Å². The van der Waals surface area contributed by atoms with Crippen molar-refractivity contribution in [1.29, 1.82) is 0 Å². The van der Waals surface area contributed by atoms with Gasteiger partial charge in [-0.15, -0.1) is 0 Å². The molecule has 0 radical (unpaired) electrons. The molecule has 0 unspecified atom stereocenters. The van der Waals surface area contributed by atoms with Crippen LogP contribution in [0.2, 0.25) is 0 Å². The van der Waals surface area contributed by atoms with Gasteiger partial charge in [0.25, 0.3) is 0 Å². The number of nitrogens with zero attached hydrogens (tertiary/aromatic N) is 1. The lowest BCUT2D eigenvalue weighted by Gasteiger charge is -2.18. The van der Waals surface area contributed by atoms with E-state index in [0.29, 0.717) is 0 Å². The van der Waals surface area contributed by atoms with Gasteiger partial charge in [-0.3, -0.25) is 9.69 Å². The number of carbonyl (C=O) groups excluding carboxylic acids is 1. The Labute approximate surface area is 138 Å². The van der Waals surface area contributed by atoms with Gasteiger partial charge in [-0.05, 0) is 42.9 Å². The molecular formula is C19H25N3O. The summed E-state index contributed by atoms with van der Waals surface area (Å²) in [5.74, 6) is -0.0474. The first-order valence-electron chi connectivity index (χ1n) is 8.11. The number of nitrogens with one attached hydrogen (secondary N) is 2. The summed E-state index contributed by atoms with van der Waals surface area (Å²) in [6.07, 6.45) is 0. The number of hydrogen-bond acceptors (Lipinski definition) is 3. The maximum absolute atomic E-state index is 12.0. The van der Waals surface area contributed by atoms with Crippen molar-refractivity contribution in [2.45, 2.75) is 20.4 Å². The Hall–Kier alpha value is -2.33. The first kappa shape index (κ1) is 17.0. The Morgan fingerprint density at radius 3 is 2.35 bits per heavy atom. The maximum Gasteiger partial charge on any atom is 0.243 e. The average Bonchev–Trinajstić information content (AvgIpc) is 2.59. The number of rotatable bonds is 8. The Morgan fingerprint density at radius 1 is 0.957 bits per heavy atom. The summed E-state index contributed by atoms with van der Waals surface area (Å²) in [6.45, 7) is 7.51. The second-order valence-electron chi connectivity index (χ2n) is 5.43. The Bertz CT molecular complexity index is 609. The Morgan fingerprint density at radius 2 is 1.65 bits per heavy atom. The molecule has 4 heteroatoms. The lowest BCUT2D eigenvalue weighted by atomic mass is 10.2. The summed E-state index contributed by atoms with van der Waals surface area (Å²) < 4.78 is 0. The Kier molecular flexibility index (Phi) is 6.63. The van der Waals surface area contributed by atoms with E-state index in [1.165, 1.54) is 5.56 Å². The minimum absolute atomic E-state index is 0.0474. The van der Waals surface area contributed by atoms with Crippen LogP contribution in [0.4, 0.5) is 11.4 Å². The Balaban J connectivity index is 1.88. The summed E-state index contributed by atoms with van der Waals surface area (Å²) in [7, 11) is 0. The average molecular weight is 311 g/mol. The SMILES string of the molecule is CCN(CC)Cc1cccc(NC(=O)CNc2ccccc2)c1. The zero-order valence-corrected chi connectivity index (χ0v) is 13.9. The summed E-state index contributed by atoms with van der Waals surface area (Å²) in [4.78, 5) is 14.4. The predicted octanol–water partition coefficient (Wildman–Crippen LogP) is 3.58. The second kappa shape index (κ2) is 8.96. The monoisotopic (exact) mass is 311 g/mol. The quantitative estimate of drug-likeness (QED) is 0.783. The summed E-state index contributed by atoms with van der Waals surface area (Å²) in [5.41, 5.74) is 3.00. The highest BCUT2D eigenvalue weighted by Crippen LogP contribution is 2.13. The summed E-state index contributed by atoms with van der Waals surface area (Å²) >= 11 is 0.